The molecular weight excluding hydrogens is 450 g/mol. The van der Waals surface area contributed by atoms with E-state index >= 15 is 0 Å². The van der Waals surface area contributed by atoms with E-state index in [4.69, 9.17) is 4.74 Å². The van der Waals surface area contributed by atoms with Gasteiger partial charge in [-0.1, -0.05) is 13.8 Å². The summed E-state index contributed by atoms with van der Waals surface area (Å²) in [5, 5.41) is 22.3. The Morgan fingerprint density at radius 3 is 2.20 bits per heavy atom. The van der Waals surface area contributed by atoms with Crippen LogP contribution in [0.5, 0.6) is 5.75 Å². The summed E-state index contributed by atoms with van der Waals surface area (Å²) in [7, 11) is 0. The molecule has 3 rings (SSSR count). The van der Waals surface area contributed by atoms with Crippen molar-refractivity contribution in [3.63, 3.8) is 0 Å². The number of likely N-dealkylation sites (tertiary alicyclic amines) is 1. The predicted octanol–water partition coefficient (Wildman–Crippen LogP) is 4.15. The van der Waals surface area contributed by atoms with Crippen molar-refractivity contribution in [2.24, 2.45) is 0 Å². The van der Waals surface area contributed by atoms with Gasteiger partial charge in [0, 0.05) is 30.8 Å². The molecule has 1 aliphatic heterocycles. The van der Waals surface area contributed by atoms with Gasteiger partial charge in [-0.25, -0.2) is 0 Å². The topological polar surface area (TPSA) is 113 Å². The summed E-state index contributed by atoms with van der Waals surface area (Å²) >= 11 is 0. The van der Waals surface area contributed by atoms with Crippen LogP contribution in [-0.4, -0.2) is 63.8 Å². The first-order valence-corrected chi connectivity index (χ1v) is 11.7. The summed E-state index contributed by atoms with van der Waals surface area (Å²) in [6.07, 6.45) is -0.0206. The van der Waals surface area contributed by atoms with Crippen molar-refractivity contribution >= 4 is 23.1 Å². The van der Waals surface area contributed by atoms with Crippen molar-refractivity contribution < 1.29 is 24.4 Å². The zero-order chi connectivity index (χ0) is 25.7. The van der Waals surface area contributed by atoms with Crippen LogP contribution in [0.15, 0.2) is 54.1 Å². The average Bonchev–Trinajstić information content (AvgIpc) is 3.09. The number of ether oxygens (including phenoxy) is 1. The highest BCUT2D eigenvalue weighted by Gasteiger charge is 2.46. The first-order chi connectivity index (χ1) is 16.7. The summed E-state index contributed by atoms with van der Waals surface area (Å²) in [6, 6.07) is 11.5. The fraction of sp³-hybridized carbons (Fsp3) is 0.385. The van der Waals surface area contributed by atoms with Gasteiger partial charge in [-0.3, -0.25) is 19.7 Å². The zero-order valence-corrected chi connectivity index (χ0v) is 20.4. The van der Waals surface area contributed by atoms with Crippen molar-refractivity contribution in [3.8, 4) is 5.75 Å². The number of non-ortho nitro benzene ring substituents is 1. The fourth-order valence-corrected chi connectivity index (χ4v) is 4.14. The highest BCUT2D eigenvalue weighted by atomic mass is 16.6. The van der Waals surface area contributed by atoms with Gasteiger partial charge in [0.25, 0.3) is 17.4 Å². The van der Waals surface area contributed by atoms with E-state index < -0.39 is 22.7 Å². The Balaban J connectivity index is 2.06. The van der Waals surface area contributed by atoms with E-state index in [0.717, 1.165) is 13.1 Å². The maximum Gasteiger partial charge on any atom is 0.295 e. The lowest BCUT2D eigenvalue weighted by Gasteiger charge is -2.28. The highest BCUT2D eigenvalue weighted by molar-refractivity contribution is 6.46. The fourth-order valence-electron chi connectivity index (χ4n) is 4.14. The molecule has 2 aromatic rings. The molecule has 0 radical (unpaired) electrons. The second-order valence-electron chi connectivity index (χ2n) is 8.56. The summed E-state index contributed by atoms with van der Waals surface area (Å²) in [4.78, 5) is 40.4. The summed E-state index contributed by atoms with van der Waals surface area (Å²) in [5.74, 6) is -1.17. The van der Waals surface area contributed by atoms with E-state index in [1.165, 1.54) is 29.2 Å². The molecule has 1 fully saturated rings. The van der Waals surface area contributed by atoms with Crippen LogP contribution < -0.4 is 4.74 Å². The quantitative estimate of drug-likeness (QED) is 0.178. The third-order valence-corrected chi connectivity index (χ3v) is 6.01. The number of amides is 1. The third-order valence-electron chi connectivity index (χ3n) is 6.01. The second kappa shape index (κ2) is 11.1. The Bertz CT molecular complexity index is 1100. The molecule has 0 unspecified atom stereocenters. The summed E-state index contributed by atoms with van der Waals surface area (Å²) < 4.78 is 5.64. The highest BCUT2D eigenvalue weighted by Crippen LogP contribution is 2.39. The normalized spacial score (nSPS) is 17.4. The van der Waals surface area contributed by atoms with Gasteiger partial charge >= 0.3 is 0 Å². The van der Waals surface area contributed by atoms with Crippen molar-refractivity contribution in [2.75, 3.05) is 26.2 Å². The largest absolute Gasteiger partial charge is 0.507 e. The molecule has 1 N–H and O–H groups in total. The minimum Gasteiger partial charge on any atom is -0.507 e. The Kier molecular flexibility index (Phi) is 8.24. The first-order valence-electron chi connectivity index (χ1n) is 11.7. The number of nitro groups is 1. The molecule has 0 saturated carbocycles. The lowest BCUT2D eigenvalue weighted by atomic mass is 9.95. The number of nitro benzene ring substituents is 1. The van der Waals surface area contributed by atoms with Gasteiger partial charge in [0.15, 0.2) is 0 Å². The Hall–Kier alpha value is -3.72. The van der Waals surface area contributed by atoms with Crippen LogP contribution in [-0.2, 0) is 9.59 Å². The summed E-state index contributed by atoms with van der Waals surface area (Å²) in [6.45, 7) is 10.2. The molecule has 9 heteroatoms. The Morgan fingerprint density at radius 1 is 1.09 bits per heavy atom. The molecule has 0 spiro atoms. The molecule has 1 amide bonds. The Morgan fingerprint density at radius 2 is 1.69 bits per heavy atom. The number of rotatable bonds is 10. The average molecular weight is 482 g/mol. The zero-order valence-electron chi connectivity index (χ0n) is 20.4. The molecule has 9 nitrogen and oxygen atoms in total. The third kappa shape index (κ3) is 5.68. The number of ketones is 1. The van der Waals surface area contributed by atoms with Crippen LogP contribution in [0.2, 0.25) is 0 Å². The van der Waals surface area contributed by atoms with E-state index in [9.17, 15) is 24.8 Å². The lowest BCUT2D eigenvalue weighted by Crippen LogP contribution is -2.38. The van der Waals surface area contributed by atoms with Gasteiger partial charge < -0.3 is 19.6 Å². The molecular formula is C26H31N3O6. The predicted molar refractivity (Wildman–Crippen MR) is 132 cm³/mol. The number of hydrogen-bond acceptors (Lipinski definition) is 7. The van der Waals surface area contributed by atoms with Crippen LogP contribution in [0.25, 0.3) is 5.76 Å². The smallest absolute Gasteiger partial charge is 0.295 e. The van der Waals surface area contributed by atoms with Crippen LogP contribution in [0.4, 0.5) is 5.69 Å². The molecule has 1 atom stereocenters. The number of carbonyl (C=O) groups excluding carboxylic acids is 2. The minimum absolute atomic E-state index is 0.0206. The standard InChI is InChI=1S/C26H31N3O6/c1-5-27(6-2)15-16-28-23(18-7-11-20(12-8-18)29(33)34)22(25(31)26(28)32)24(30)19-9-13-21(14-10-19)35-17(3)4/h7-14,17,23,30H,5-6,15-16H2,1-4H3/t23-/m0/s1. The molecule has 1 aliphatic rings. The molecule has 0 aliphatic carbocycles. The van der Waals surface area contributed by atoms with Gasteiger partial charge in [0.1, 0.15) is 11.5 Å². The van der Waals surface area contributed by atoms with Crippen molar-refractivity contribution in [3.05, 3.63) is 75.3 Å². The monoisotopic (exact) mass is 481 g/mol. The number of hydrogen-bond donors (Lipinski definition) is 1. The van der Waals surface area contributed by atoms with Gasteiger partial charge in [0.05, 0.1) is 22.6 Å². The first kappa shape index (κ1) is 25.9. The number of likely N-dealkylation sites (N-methyl/N-ethyl adjacent to an activating group) is 1. The van der Waals surface area contributed by atoms with Crippen molar-refractivity contribution in [1.29, 1.82) is 0 Å². The molecule has 0 aromatic heterocycles. The van der Waals surface area contributed by atoms with Crippen molar-refractivity contribution in [1.82, 2.24) is 9.80 Å². The van der Waals surface area contributed by atoms with Crippen LogP contribution in [0.1, 0.15) is 44.9 Å². The summed E-state index contributed by atoms with van der Waals surface area (Å²) in [5.41, 5.74) is 0.737. The van der Waals surface area contributed by atoms with Crippen LogP contribution >= 0.6 is 0 Å². The second-order valence-corrected chi connectivity index (χ2v) is 8.56. The number of carbonyl (C=O) groups is 2. The van der Waals surface area contributed by atoms with E-state index in [1.54, 1.807) is 24.3 Å². The molecule has 1 heterocycles. The van der Waals surface area contributed by atoms with Crippen LogP contribution in [0, 0.1) is 10.1 Å². The molecule has 35 heavy (non-hydrogen) atoms. The maximum atomic E-state index is 13.1. The van der Waals surface area contributed by atoms with Crippen molar-refractivity contribution in [2.45, 2.75) is 39.8 Å². The number of nitrogens with zero attached hydrogens (tertiary/aromatic N) is 3. The SMILES string of the molecule is CCN(CC)CCN1C(=O)C(=O)C(=C(O)c2ccc(OC(C)C)cc2)[C@@H]1c1ccc([N+](=O)[O-])cc1. The number of aliphatic hydroxyl groups excluding tert-OH is 1. The van der Waals surface area contributed by atoms with Gasteiger partial charge in [-0.15, -0.1) is 0 Å². The molecule has 0 bridgehead atoms. The van der Waals surface area contributed by atoms with E-state index in [1.807, 2.05) is 27.7 Å². The molecule has 186 valence electrons. The van der Waals surface area contributed by atoms with Gasteiger partial charge in [-0.05, 0) is 68.9 Å². The molecule has 1 saturated heterocycles. The number of aliphatic hydroxyl groups is 1. The van der Waals surface area contributed by atoms with Crippen LogP contribution in [0.3, 0.4) is 0 Å². The van der Waals surface area contributed by atoms with E-state index in [-0.39, 0.29) is 29.7 Å². The molecule has 2 aromatic carbocycles. The van der Waals surface area contributed by atoms with Gasteiger partial charge in [-0.2, -0.15) is 0 Å². The number of benzene rings is 2. The Labute approximate surface area is 204 Å². The van der Waals surface area contributed by atoms with E-state index in [0.29, 0.717) is 23.4 Å². The maximum absolute atomic E-state index is 13.1. The lowest BCUT2D eigenvalue weighted by molar-refractivity contribution is -0.384. The number of Topliss-reactive ketones (excluding diaryl/α,β-unsaturated/α-hetero) is 1. The minimum atomic E-state index is -0.863. The van der Waals surface area contributed by atoms with Gasteiger partial charge in [0.2, 0.25) is 0 Å². The van der Waals surface area contributed by atoms with E-state index in [2.05, 4.69) is 4.90 Å².